The molecule has 1 aromatic carbocycles. The normalized spacial score (nSPS) is 16.9. The van der Waals surface area contributed by atoms with Crippen LogP contribution >= 0.6 is 0 Å². The first-order chi connectivity index (χ1) is 10.6. The van der Waals surface area contributed by atoms with Gasteiger partial charge >= 0.3 is 0 Å². The Labute approximate surface area is 131 Å². The minimum absolute atomic E-state index is 0.277. The van der Waals surface area contributed by atoms with Crippen molar-refractivity contribution >= 4 is 12.9 Å². The molecule has 2 N–H and O–H groups in total. The van der Waals surface area contributed by atoms with Gasteiger partial charge in [0.2, 0.25) is 6.41 Å². The highest BCUT2D eigenvalue weighted by atomic mass is 16.5. The van der Waals surface area contributed by atoms with Crippen LogP contribution in [0.15, 0.2) is 30.3 Å². The number of carbonyl (C=O) groups is 2. The second-order valence-electron chi connectivity index (χ2n) is 5.44. The lowest BCUT2D eigenvalue weighted by atomic mass is 10.0. The molecule has 1 heterocycles. The van der Waals surface area contributed by atoms with E-state index in [1.54, 1.807) is 14.1 Å². The topological polar surface area (TPSA) is 75.9 Å². The molecule has 1 aromatic rings. The third-order valence-electron chi connectivity index (χ3n) is 3.39. The van der Waals surface area contributed by atoms with Gasteiger partial charge in [0, 0.05) is 38.8 Å². The molecule has 0 radical (unpaired) electrons. The summed E-state index contributed by atoms with van der Waals surface area (Å²) in [6.07, 6.45) is 2.37. The van der Waals surface area contributed by atoms with Gasteiger partial charge in [-0.05, 0) is 12.8 Å². The van der Waals surface area contributed by atoms with Gasteiger partial charge in [-0.1, -0.05) is 30.3 Å². The molecule has 1 amide bonds. The van der Waals surface area contributed by atoms with Crippen molar-refractivity contribution < 1.29 is 14.3 Å². The molecule has 6 nitrogen and oxygen atoms in total. The minimum Gasteiger partial charge on any atom is -0.444 e. The van der Waals surface area contributed by atoms with E-state index in [4.69, 9.17) is 10.5 Å². The largest absolute Gasteiger partial charge is 0.444 e. The maximum absolute atomic E-state index is 10.6. The first-order valence-electron chi connectivity index (χ1n) is 7.34. The average Bonchev–Trinajstić information content (AvgIpc) is 2.55. The molecular formula is C16H25N3O3. The molecule has 0 aromatic heterocycles. The molecule has 1 unspecified atom stereocenters. The maximum atomic E-state index is 10.6. The number of carbonyl (C=O) groups excluding carboxylic acids is 2. The Morgan fingerprint density at radius 1 is 1.23 bits per heavy atom. The van der Waals surface area contributed by atoms with Gasteiger partial charge in [0.25, 0.3) is 6.47 Å². The number of piperidine rings is 1. The molecule has 2 rings (SSSR count). The van der Waals surface area contributed by atoms with E-state index in [-0.39, 0.29) is 12.3 Å². The molecular weight excluding hydrogens is 282 g/mol. The summed E-state index contributed by atoms with van der Waals surface area (Å²) in [5.41, 5.74) is 6.88. The summed E-state index contributed by atoms with van der Waals surface area (Å²) in [5.74, 6) is 0. The Balaban J connectivity index is 0.000000422. The van der Waals surface area contributed by atoms with Gasteiger partial charge in [0.1, 0.15) is 0 Å². The van der Waals surface area contributed by atoms with Crippen molar-refractivity contribution in [3.05, 3.63) is 35.9 Å². The number of nitrogens with zero attached hydrogens (tertiary/aromatic N) is 2. The summed E-state index contributed by atoms with van der Waals surface area (Å²) in [6.45, 7) is 2.26. The highest BCUT2D eigenvalue weighted by molar-refractivity contribution is 5.45. The molecule has 1 saturated heterocycles. The number of hydrogen-bond donors (Lipinski definition) is 1. The summed E-state index contributed by atoms with van der Waals surface area (Å²) in [6, 6.07) is 10.1. The molecule has 0 spiro atoms. The predicted octanol–water partition coefficient (Wildman–Crippen LogP) is 0.986. The third kappa shape index (κ3) is 6.24. The van der Waals surface area contributed by atoms with E-state index in [2.05, 4.69) is 4.90 Å². The number of ether oxygens (including phenoxy) is 1. The van der Waals surface area contributed by atoms with Gasteiger partial charge in [-0.25, -0.2) is 0 Å². The fraction of sp³-hybridized carbons (Fsp3) is 0.500. The predicted molar refractivity (Wildman–Crippen MR) is 84.9 cm³/mol. The van der Waals surface area contributed by atoms with Crippen LogP contribution in [0.3, 0.4) is 0 Å². The third-order valence-corrected chi connectivity index (χ3v) is 3.39. The van der Waals surface area contributed by atoms with E-state index >= 15 is 0 Å². The quantitative estimate of drug-likeness (QED) is 0.821. The fourth-order valence-corrected chi connectivity index (χ4v) is 2.20. The van der Waals surface area contributed by atoms with Crippen molar-refractivity contribution in [3.63, 3.8) is 0 Å². The molecule has 122 valence electrons. The van der Waals surface area contributed by atoms with Gasteiger partial charge in [-0.2, -0.15) is 0 Å². The number of nitrogens with two attached hydrogens (primary N) is 1. The molecule has 22 heavy (non-hydrogen) atoms. The number of likely N-dealkylation sites (tertiary alicyclic amines) is 1. The molecule has 1 aliphatic rings. The molecule has 0 bridgehead atoms. The Morgan fingerprint density at radius 3 is 2.23 bits per heavy atom. The highest BCUT2D eigenvalue weighted by Gasteiger charge is 2.25. The van der Waals surface area contributed by atoms with Crippen molar-refractivity contribution in [3.8, 4) is 0 Å². The minimum atomic E-state index is -0.277. The number of hydrogen-bond acceptors (Lipinski definition) is 5. The fourth-order valence-electron chi connectivity index (χ4n) is 2.20. The lowest BCUT2D eigenvalue weighted by molar-refractivity contribution is -0.145. The molecule has 1 atom stereocenters. The van der Waals surface area contributed by atoms with Crippen LogP contribution < -0.4 is 5.73 Å². The number of benzene rings is 1. The van der Waals surface area contributed by atoms with E-state index in [0.29, 0.717) is 6.47 Å². The highest BCUT2D eigenvalue weighted by Crippen LogP contribution is 2.24. The number of rotatable bonds is 5. The second-order valence-corrected chi connectivity index (χ2v) is 5.44. The standard InChI is InChI=1S/C13H18N2O2.C3H7NO/c14-12-6-8-15(9-7-12)13(17-10-16)11-4-2-1-3-5-11;1-4(2)3-5/h1-5,10,12-13H,6-9,14H2;3H,1-2H3. The molecule has 6 heteroatoms. The zero-order chi connectivity index (χ0) is 16.4. The van der Waals surface area contributed by atoms with Crippen LogP contribution in [-0.2, 0) is 14.3 Å². The molecule has 1 fully saturated rings. The van der Waals surface area contributed by atoms with Gasteiger partial charge < -0.3 is 15.4 Å². The Bertz CT molecular complexity index is 432. The average molecular weight is 307 g/mol. The Kier molecular flexibility index (Phi) is 8.17. The molecule has 1 aliphatic heterocycles. The molecule has 0 aliphatic carbocycles. The van der Waals surface area contributed by atoms with Crippen LogP contribution in [0.4, 0.5) is 0 Å². The zero-order valence-electron chi connectivity index (χ0n) is 13.2. The van der Waals surface area contributed by atoms with Crippen LogP contribution in [0.2, 0.25) is 0 Å². The summed E-state index contributed by atoms with van der Waals surface area (Å²) in [5, 5.41) is 0. The van der Waals surface area contributed by atoms with E-state index in [0.717, 1.165) is 37.9 Å². The summed E-state index contributed by atoms with van der Waals surface area (Å²) >= 11 is 0. The lowest BCUT2D eigenvalue weighted by Crippen LogP contribution is -2.42. The van der Waals surface area contributed by atoms with Crippen molar-refractivity contribution in [2.45, 2.75) is 25.1 Å². The van der Waals surface area contributed by atoms with Gasteiger partial charge in [0.15, 0.2) is 6.23 Å². The van der Waals surface area contributed by atoms with Gasteiger partial charge in [-0.3, -0.25) is 14.5 Å². The van der Waals surface area contributed by atoms with Gasteiger partial charge in [-0.15, -0.1) is 0 Å². The van der Waals surface area contributed by atoms with Crippen LogP contribution in [0.1, 0.15) is 24.6 Å². The van der Waals surface area contributed by atoms with Crippen LogP contribution in [0.25, 0.3) is 0 Å². The van der Waals surface area contributed by atoms with Crippen LogP contribution in [-0.4, -0.2) is 55.9 Å². The van der Waals surface area contributed by atoms with Crippen LogP contribution in [0.5, 0.6) is 0 Å². The monoisotopic (exact) mass is 307 g/mol. The van der Waals surface area contributed by atoms with Gasteiger partial charge in [0.05, 0.1) is 0 Å². The van der Waals surface area contributed by atoms with Crippen molar-refractivity contribution in [2.24, 2.45) is 5.73 Å². The summed E-state index contributed by atoms with van der Waals surface area (Å²) in [4.78, 5) is 23.7. The smallest absolute Gasteiger partial charge is 0.294 e. The van der Waals surface area contributed by atoms with Crippen LogP contribution in [0, 0.1) is 0 Å². The van der Waals surface area contributed by atoms with Crippen molar-refractivity contribution in [2.75, 3.05) is 27.2 Å². The van der Waals surface area contributed by atoms with E-state index in [1.165, 1.54) is 4.90 Å². The summed E-state index contributed by atoms with van der Waals surface area (Å²) in [7, 11) is 3.38. The lowest BCUT2D eigenvalue weighted by Gasteiger charge is -2.35. The molecule has 0 saturated carbocycles. The number of amides is 1. The van der Waals surface area contributed by atoms with Crippen molar-refractivity contribution in [1.29, 1.82) is 0 Å². The second kappa shape index (κ2) is 9.92. The van der Waals surface area contributed by atoms with E-state index in [9.17, 15) is 9.59 Å². The Hall–Kier alpha value is -1.92. The zero-order valence-corrected chi connectivity index (χ0v) is 13.2. The first kappa shape index (κ1) is 18.1. The SMILES string of the molecule is CN(C)C=O.NC1CCN(C(OC=O)c2ccccc2)CC1. The Morgan fingerprint density at radius 2 is 1.77 bits per heavy atom. The van der Waals surface area contributed by atoms with E-state index in [1.807, 2.05) is 30.3 Å². The maximum Gasteiger partial charge on any atom is 0.294 e. The summed E-state index contributed by atoms with van der Waals surface area (Å²) < 4.78 is 5.21. The van der Waals surface area contributed by atoms with E-state index < -0.39 is 0 Å². The first-order valence-corrected chi connectivity index (χ1v) is 7.34. The van der Waals surface area contributed by atoms with Crippen molar-refractivity contribution in [1.82, 2.24) is 9.80 Å².